The standard InChI is InChI=1S/C14H14N4O2/c15-10-7-6-9(13(17)19)11(12(10)16)14(20)18-8-4-2-1-3-5-8/h1-7H,15-16H2,(H2,17,19)(H,18,20). The molecule has 0 radical (unpaired) electrons. The molecule has 7 N–H and O–H groups in total. The molecule has 0 saturated heterocycles. The average molecular weight is 270 g/mol. The second kappa shape index (κ2) is 5.31. The van der Waals surface area contributed by atoms with Crippen LogP contribution in [0.15, 0.2) is 42.5 Å². The Hall–Kier alpha value is -3.02. The summed E-state index contributed by atoms with van der Waals surface area (Å²) in [5, 5.41) is 2.64. The predicted octanol–water partition coefficient (Wildman–Crippen LogP) is 1.20. The second-order valence-corrected chi connectivity index (χ2v) is 4.18. The molecular formula is C14H14N4O2. The fourth-order valence-corrected chi connectivity index (χ4v) is 1.80. The SMILES string of the molecule is NC(=O)c1ccc(N)c(N)c1C(=O)Nc1ccccc1. The predicted molar refractivity (Wildman–Crippen MR) is 78.2 cm³/mol. The van der Waals surface area contributed by atoms with Crippen LogP contribution in [0.25, 0.3) is 0 Å². The lowest BCUT2D eigenvalue weighted by Gasteiger charge is -2.12. The zero-order chi connectivity index (χ0) is 14.7. The summed E-state index contributed by atoms with van der Waals surface area (Å²) in [5.41, 5.74) is 17.5. The highest BCUT2D eigenvalue weighted by atomic mass is 16.2. The molecule has 2 amide bonds. The number of carbonyl (C=O) groups is 2. The van der Waals surface area contributed by atoms with Crippen LogP contribution >= 0.6 is 0 Å². The van der Waals surface area contributed by atoms with Gasteiger partial charge in [0.15, 0.2) is 0 Å². The summed E-state index contributed by atoms with van der Waals surface area (Å²) >= 11 is 0. The normalized spacial score (nSPS) is 10.0. The van der Waals surface area contributed by atoms with Gasteiger partial charge in [-0.2, -0.15) is 0 Å². The molecule has 20 heavy (non-hydrogen) atoms. The lowest BCUT2D eigenvalue weighted by Crippen LogP contribution is -2.22. The van der Waals surface area contributed by atoms with E-state index in [1.807, 2.05) is 6.07 Å². The third-order valence-electron chi connectivity index (χ3n) is 2.80. The molecule has 2 rings (SSSR count). The van der Waals surface area contributed by atoms with E-state index in [1.165, 1.54) is 12.1 Å². The molecule has 6 heteroatoms. The minimum atomic E-state index is -0.741. The van der Waals surface area contributed by atoms with Gasteiger partial charge in [-0.15, -0.1) is 0 Å². The van der Waals surface area contributed by atoms with Crippen molar-refractivity contribution in [2.45, 2.75) is 0 Å². The molecule has 0 aliphatic heterocycles. The number of carbonyl (C=O) groups excluding carboxylic acids is 2. The number of hydrogen-bond donors (Lipinski definition) is 4. The topological polar surface area (TPSA) is 124 Å². The lowest BCUT2D eigenvalue weighted by molar-refractivity contribution is 0.0977. The summed E-state index contributed by atoms with van der Waals surface area (Å²) in [7, 11) is 0. The molecule has 102 valence electrons. The third kappa shape index (κ3) is 2.54. The Morgan fingerprint density at radius 3 is 2.20 bits per heavy atom. The third-order valence-corrected chi connectivity index (χ3v) is 2.80. The largest absolute Gasteiger partial charge is 0.397 e. The van der Waals surface area contributed by atoms with E-state index in [9.17, 15) is 9.59 Å². The minimum Gasteiger partial charge on any atom is -0.397 e. The summed E-state index contributed by atoms with van der Waals surface area (Å²) in [6.07, 6.45) is 0. The van der Waals surface area contributed by atoms with Crippen molar-refractivity contribution in [1.29, 1.82) is 0 Å². The Morgan fingerprint density at radius 1 is 0.950 bits per heavy atom. The van der Waals surface area contributed by atoms with E-state index in [0.29, 0.717) is 5.69 Å². The van der Waals surface area contributed by atoms with Gasteiger partial charge < -0.3 is 22.5 Å². The molecule has 0 bridgehead atoms. The van der Waals surface area contributed by atoms with Crippen molar-refractivity contribution in [2.75, 3.05) is 16.8 Å². The van der Waals surface area contributed by atoms with Crippen molar-refractivity contribution < 1.29 is 9.59 Å². The summed E-state index contributed by atoms with van der Waals surface area (Å²) in [5.74, 6) is -1.27. The Balaban J connectivity index is 2.43. The molecule has 0 saturated carbocycles. The van der Waals surface area contributed by atoms with Gasteiger partial charge in [0.1, 0.15) is 0 Å². The van der Waals surface area contributed by atoms with Crippen molar-refractivity contribution in [3.8, 4) is 0 Å². The molecule has 0 unspecified atom stereocenters. The zero-order valence-electron chi connectivity index (χ0n) is 10.6. The summed E-state index contributed by atoms with van der Waals surface area (Å²) in [6.45, 7) is 0. The number of nitrogens with one attached hydrogen (secondary N) is 1. The fraction of sp³-hybridized carbons (Fsp3) is 0. The van der Waals surface area contributed by atoms with Crippen LogP contribution in [0.1, 0.15) is 20.7 Å². The van der Waals surface area contributed by atoms with Gasteiger partial charge in [0, 0.05) is 5.69 Å². The van der Waals surface area contributed by atoms with Crippen LogP contribution in [0, 0.1) is 0 Å². The van der Waals surface area contributed by atoms with E-state index >= 15 is 0 Å². The summed E-state index contributed by atoms with van der Waals surface area (Å²) in [4.78, 5) is 23.6. The van der Waals surface area contributed by atoms with E-state index in [1.54, 1.807) is 24.3 Å². The molecule has 0 aromatic heterocycles. The Labute approximate surface area is 115 Å². The number of anilines is 3. The maximum Gasteiger partial charge on any atom is 0.258 e. The maximum atomic E-state index is 12.3. The number of primary amides is 1. The zero-order valence-corrected chi connectivity index (χ0v) is 10.6. The highest BCUT2D eigenvalue weighted by Gasteiger charge is 2.20. The minimum absolute atomic E-state index is 0.0126. The summed E-state index contributed by atoms with van der Waals surface area (Å²) in [6, 6.07) is 11.6. The van der Waals surface area contributed by atoms with Crippen LogP contribution in [0.2, 0.25) is 0 Å². The van der Waals surface area contributed by atoms with Gasteiger partial charge in [-0.3, -0.25) is 9.59 Å². The van der Waals surface area contributed by atoms with Crippen LogP contribution in [-0.2, 0) is 0 Å². The smallest absolute Gasteiger partial charge is 0.258 e. The van der Waals surface area contributed by atoms with E-state index in [4.69, 9.17) is 17.2 Å². The van der Waals surface area contributed by atoms with Crippen LogP contribution in [-0.4, -0.2) is 11.8 Å². The van der Waals surface area contributed by atoms with Crippen molar-refractivity contribution >= 4 is 28.9 Å². The monoisotopic (exact) mass is 270 g/mol. The second-order valence-electron chi connectivity index (χ2n) is 4.18. The fourth-order valence-electron chi connectivity index (χ4n) is 1.80. The molecule has 6 nitrogen and oxygen atoms in total. The molecule has 2 aromatic rings. The molecule has 0 aliphatic rings. The number of nitrogen functional groups attached to an aromatic ring is 2. The van der Waals surface area contributed by atoms with Crippen molar-refractivity contribution in [1.82, 2.24) is 0 Å². The first-order valence-corrected chi connectivity index (χ1v) is 5.85. The van der Waals surface area contributed by atoms with Crippen molar-refractivity contribution in [3.63, 3.8) is 0 Å². The van der Waals surface area contributed by atoms with E-state index in [0.717, 1.165) is 0 Å². The van der Waals surface area contributed by atoms with Gasteiger partial charge in [0.25, 0.3) is 5.91 Å². The number of nitrogens with two attached hydrogens (primary N) is 3. The van der Waals surface area contributed by atoms with Crippen LogP contribution in [0.3, 0.4) is 0 Å². The highest BCUT2D eigenvalue weighted by molar-refractivity contribution is 6.16. The van der Waals surface area contributed by atoms with Gasteiger partial charge in [-0.25, -0.2) is 0 Å². The molecule has 0 spiro atoms. The first kappa shape index (κ1) is 13.4. The van der Waals surface area contributed by atoms with Crippen LogP contribution < -0.4 is 22.5 Å². The molecule has 0 aliphatic carbocycles. The molecule has 2 aromatic carbocycles. The van der Waals surface area contributed by atoms with Gasteiger partial charge in [0.05, 0.1) is 22.5 Å². The molecule has 0 atom stereocenters. The van der Waals surface area contributed by atoms with Gasteiger partial charge in [0.2, 0.25) is 5.91 Å². The summed E-state index contributed by atoms with van der Waals surface area (Å²) < 4.78 is 0. The van der Waals surface area contributed by atoms with Gasteiger partial charge >= 0.3 is 0 Å². The van der Waals surface area contributed by atoms with Gasteiger partial charge in [-0.05, 0) is 24.3 Å². The Morgan fingerprint density at radius 2 is 1.60 bits per heavy atom. The van der Waals surface area contributed by atoms with Gasteiger partial charge in [-0.1, -0.05) is 18.2 Å². The number of benzene rings is 2. The number of amides is 2. The van der Waals surface area contributed by atoms with Crippen LogP contribution in [0.4, 0.5) is 17.1 Å². The average Bonchev–Trinajstić information content (AvgIpc) is 2.42. The molecule has 0 fully saturated rings. The molecule has 0 heterocycles. The highest BCUT2D eigenvalue weighted by Crippen LogP contribution is 2.24. The first-order chi connectivity index (χ1) is 9.50. The number of rotatable bonds is 3. The lowest BCUT2D eigenvalue weighted by atomic mass is 10.0. The number of para-hydroxylation sites is 1. The van der Waals surface area contributed by atoms with E-state index in [2.05, 4.69) is 5.32 Å². The quantitative estimate of drug-likeness (QED) is 0.625. The maximum absolute atomic E-state index is 12.3. The Bertz CT molecular complexity index is 668. The molecular weight excluding hydrogens is 256 g/mol. The van der Waals surface area contributed by atoms with E-state index in [-0.39, 0.29) is 22.5 Å². The first-order valence-electron chi connectivity index (χ1n) is 5.85. The van der Waals surface area contributed by atoms with Crippen molar-refractivity contribution in [3.05, 3.63) is 53.6 Å². The Kier molecular flexibility index (Phi) is 3.56. The van der Waals surface area contributed by atoms with E-state index < -0.39 is 11.8 Å². The van der Waals surface area contributed by atoms with Crippen molar-refractivity contribution in [2.24, 2.45) is 5.73 Å². The number of hydrogen-bond acceptors (Lipinski definition) is 4. The van der Waals surface area contributed by atoms with Crippen LogP contribution in [0.5, 0.6) is 0 Å².